The Hall–Kier alpha value is -1.80. The molecule has 1 aromatic carbocycles. The minimum atomic E-state index is 0.126. The second-order valence-corrected chi connectivity index (χ2v) is 5.18. The third kappa shape index (κ3) is 2.12. The predicted octanol–water partition coefficient (Wildman–Crippen LogP) is 3.35. The van der Waals surface area contributed by atoms with Crippen molar-refractivity contribution in [2.45, 2.75) is 19.9 Å². The van der Waals surface area contributed by atoms with E-state index in [2.05, 4.69) is 27.1 Å². The van der Waals surface area contributed by atoms with Crippen LogP contribution in [0.4, 0.5) is 5.82 Å². The van der Waals surface area contributed by atoms with Crippen molar-refractivity contribution in [2.75, 3.05) is 5.73 Å². The molecule has 0 bridgehead atoms. The number of benzene rings is 1. The zero-order chi connectivity index (χ0) is 13.3. The molecule has 0 atom stereocenters. The quantitative estimate of drug-likeness (QED) is 0.925. The lowest BCUT2D eigenvalue weighted by Gasteiger charge is -2.06. The molecule has 1 heterocycles. The van der Waals surface area contributed by atoms with Crippen molar-refractivity contribution in [1.82, 2.24) is 9.78 Å². The van der Waals surface area contributed by atoms with Crippen molar-refractivity contribution in [3.8, 4) is 17.3 Å². The first-order chi connectivity index (χ1) is 8.54. The number of nitrogen functional groups attached to an aromatic ring is 1. The van der Waals surface area contributed by atoms with Crippen molar-refractivity contribution in [3.63, 3.8) is 0 Å². The van der Waals surface area contributed by atoms with Crippen LogP contribution in [0.25, 0.3) is 11.3 Å². The SMILES string of the molecule is CC(C)n1nc(-c2ccc(Br)cc2)c(C#N)c1N. The van der Waals surface area contributed by atoms with E-state index in [0.717, 1.165) is 10.0 Å². The number of nitrogens with two attached hydrogens (primary N) is 1. The number of hydrogen-bond donors (Lipinski definition) is 1. The zero-order valence-electron chi connectivity index (χ0n) is 10.2. The molecule has 0 saturated carbocycles. The highest BCUT2D eigenvalue weighted by Crippen LogP contribution is 2.29. The van der Waals surface area contributed by atoms with Crippen LogP contribution in [-0.2, 0) is 0 Å². The maximum absolute atomic E-state index is 9.22. The van der Waals surface area contributed by atoms with Crippen molar-refractivity contribution < 1.29 is 0 Å². The molecule has 4 nitrogen and oxygen atoms in total. The van der Waals surface area contributed by atoms with Crippen LogP contribution in [-0.4, -0.2) is 9.78 Å². The first-order valence-corrected chi connectivity index (χ1v) is 6.38. The molecule has 5 heteroatoms. The molecule has 0 radical (unpaired) electrons. The minimum Gasteiger partial charge on any atom is -0.383 e. The molecule has 1 aromatic heterocycles. The molecular weight excluding hydrogens is 292 g/mol. The van der Waals surface area contributed by atoms with Gasteiger partial charge in [0.2, 0.25) is 0 Å². The Morgan fingerprint density at radius 2 is 1.94 bits per heavy atom. The summed E-state index contributed by atoms with van der Waals surface area (Å²) in [7, 11) is 0. The van der Waals surface area contributed by atoms with Gasteiger partial charge in [0.25, 0.3) is 0 Å². The zero-order valence-corrected chi connectivity index (χ0v) is 11.8. The van der Waals surface area contributed by atoms with Gasteiger partial charge in [-0.25, -0.2) is 4.68 Å². The van der Waals surface area contributed by atoms with E-state index in [4.69, 9.17) is 5.73 Å². The second kappa shape index (κ2) is 4.83. The maximum Gasteiger partial charge on any atom is 0.140 e. The average Bonchev–Trinajstić information content (AvgIpc) is 2.67. The summed E-state index contributed by atoms with van der Waals surface area (Å²) in [4.78, 5) is 0. The molecule has 0 spiro atoms. The summed E-state index contributed by atoms with van der Waals surface area (Å²) >= 11 is 3.38. The molecule has 18 heavy (non-hydrogen) atoms. The number of anilines is 1. The molecule has 0 aliphatic rings. The van der Waals surface area contributed by atoms with Crippen LogP contribution in [0.2, 0.25) is 0 Å². The fourth-order valence-corrected chi connectivity index (χ4v) is 2.03. The van der Waals surface area contributed by atoms with Gasteiger partial charge in [-0.15, -0.1) is 0 Å². The van der Waals surface area contributed by atoms with E-state index >= 15 is 0 Å². The number of rotatable bonds is 2. The molecule has 2 N–H and O–H groups in total. The van der Waals surface area contributed by atoms with E-state index in [0.29, 0.717) is 17.1 Å². The van der Waals surface area contributed by atoms with Gasteiger partial charge in [-0.1, -0.05) is 28.1 Å². The summed E-state index contributed by atoms with van der Waals surface area (Å²) in [6.45, 7) is 3.96. The van der Waals surface area contributed by atoms with Gasteiger partial charge in [0.15, 0.2) is 0 Å². The largest absolute Gasteiger partial charge is 0.383 e. The summed E-state index contributed by atoms with van der Waals surface area (Å²) in [5, 5.41) is 13.7. The molecule has 2 aromatic rings. The Morgan fingerprint density at radius 1 is 1.33 bits per heavy atom. The monoisotopic (exact) mass is 304 g/mol. The molecule has 92 valence electrons. The molecule has 0 saturated heterocycles. The number of nitrogens with zero attached hydrogens (tertiary/aromatic N) is 3. The minimum absolute atomic E-state index is 0.126. The molecule has 0 unspecified atom stereocenters. The van der Waals surface area contributed by atoms with Crippen LogP contribution in [0, 0.1) is 11.3 Å². The standard InChI is InChI=1S/C13H13BrN4/c1-8(2)18-13(16)11(7-15)12(17-18)9-3-5-10(14)6-4-9/h3-6,8H,16H2,1-2H3. The van der Waals surface area contributed by atoms with Gasteiger partial charge in [0.1, 0.15) is 23.1 Å². The maximum atomic E-state index is 9.22. The van der Waals surface area contributed by atoms with Gasteiger partial charge < -0.3 is 5.73 Å². The van der Waals surface area contributed by atoms with Crippen LogP contribution in [0.15, 0.2) is 28.7 Å². The lowest BCUT2D eigenvalue weighted by molar-refractivity contribution is 0.542. The van der Waals surface area contributed by atoms with Crippen LogP contribution >= 0.6 is 15.9 Å². The normalized spacial score (nSPS) is 10.6. The summed E-state index contributed by atoms with van der Waals surface area (Å²) in [6, 6.07) is 9.92. The van der Waals surface area contributed by atoms with E-state index < -0.39 is 0 Å². The smallest absolute Gasteiger partial charge is 0.140 e. The number of halogens is 1. The Balaban J connectivity index is 2.61. The van der Waals surface area contributed by atoms with Gasteiger partial charge in [-0.3, -0.25) is 0 Å². The fourth-order valence-electron chi connectivity index (χ4n) is 1.76. The van der Waals surface area contributed by atoms with Crippen molar-refractivity contribution in [3.05, 3.63) is 34.3 Å². The fraction of sp³-hybridized carbons (Fsp3) is 0.231. The number of nitriles is 1. The number of hydrogen-bond acceptors (Lipinski definition) is 3. The first-order valence-electron chi connectivity index (χ1n) is 5.58. The summed E-state index contributed by atoms with van der Waals surface area (Å²) in [5.41, 5.74) is 7.91. The topological polar surface area (TPSA) is 67.6 Å². The van der Waals surface area contributed by atoms with E-state index in [1.165, 1.54) is 0 Å². The van der Waals surface area contributed by atoms with Crippen molar-refractivity contribution >= 4 is 21.7 Å². The van der Waals surface area contributed by atoms with Crippen LogP contribution in [0.1, 0.15) is 25.5 Å². The third-order valence-electron chi connectivity index (χ3n) is 2.67. The molecular formula is C13H13BrN4. The Kier molecular flexibility index (Phi) is 3.39. The summed E-state index contributed by atoms with van der Waals surface area (Å²) in [5.74, 6) is 0.422. The average molecular weight is 305 g/mol. The van der Waals surface area contributed by atoms with Crippen LogP contribution in [0.5, 0.6) is 0 Å². The molecule has 0 fully saturated rings. The highest BCUT2D eigenvalue weighted by atomic mass is 79.9. The van der Waals surface area contributed by atoms with E-state index in [9.17, 15) is 5.26 Å². The van der Waals surface area contributed by atoms with Crippen molar-refractivity contribution in [2.24, 2.45) is 0 Å². The van der Waals surface area contributed by atoms with E-state index in [1.54, 1.807) is 4.68 Å². The molecule has 2 rings (SSSR count). The Labute approximate surface area is 114 Å². The molecule has 0 aliphatic heterocycles. The van der Waals surface area contributed by atoms with Gasteiger partial charge in [-0.2, -0.15) is 10.4 Å². The highest BCUT2D eigenvalue weighted by molar-refractivity contribution is 9.10. The van der Waals surface area contributed by atoms with Gasteiger partial charge >= 0.3 is 0 Å². The highest BCUT2D eigenvalue weighted by Gasteiger charge is 2.18. The van der Waals surface area contributed by atoms with E-state index in [-0.39, 0.29) is 6.04 Å². The van der Waals surface area contributed by atoms with Gasteiger partial charge in [-0.05, 0) is 26.0 Å². The van der Waals surface area contributed by atoms with Crippen LogP contribution in [0.3, 0.4) is 0 Å². The van der Waals surface area contributed by atoms with E-state index in [1.807, 2.05) is 38.1 Å². The Morgan fingerprint density at radius 3 is 2.44 bits per heavy atom. The molecule has 0 aliphatic carbocycles. The predicted molar refractivity (Wildman–Crippen MR) is 74.9 cm³/mol. The number of aromatic nitrogens is 2. The summed E-state index contributed by atoms with van der Waals surface area (Å²) < 4.78 is 2.66. The molecule has 0 amide bonds. The summed E-state index contributed by atoms with van der Waals surface area (Å²) in [6.07, 6.45) is 0. The lowest BCUT2D eigenvalue weighted by atomic mass is 10.1. The first kappa shape index (κ1) is 12.7. The van der Waals surface area contributed by atoms with Crippen LogP contribution < -0.4 is 5.73 Å². The van der Waals surface area contributed by atoms with Gasteiger partial charge in [0.05, 0.1) is 0 Å². The third-order valence-corrected chi connectivity index (χ3v) is 3.19. The van der Waals surface area contributed by atoms with Crippen molar-refractivity contribution in [1.29, 1.82) is 5.26 Å². The van der Waals surface area contributed by atoms with Gasteiger partial charge in [0, 0.05) is 16.1 Å². The Bertz CT molecular complexity index is 605. The lowest BCUT2D eigenvalue weighted by Crippen LogP contribution is -2.07. The second-order valence-electron chi connectivity index (χ2n) is 4.27.